The number of halogens is 1. The summed E-state index contributed by atoms with van der Waals surface area (Å²) in [4.78, 5) is 11.1. The van der Waals surface area contributed by atoms with Crippen molar-refractivity contribution in [3.8, 4) is 5.75 Å². The van der Waals surface area contributed by atoms with E-state index in [0.29, 0.717) is 10.6 Å². The van der Waals surface area contributed by atoms with Gasteiger partial charge in [-0.1, -0.05) is 35.9 Å². The molecule has 0 amide bonds. The number of rotatable bonds is 4. The third-order valence-corrected chi connectivity index (χ3v) is 3.01. The first kappa shape index (κ1) is 13.4. The molecule has 0 saturated carbocycles. The number of carbonyl (C=O) groups is 1. The number of carboxylic acid groups (broad SMARTS) is 1. The maximum absolute atomic E-state index is 11.1. The largest absolute Gasteiger partial charge is 0.489 e. The van der Waals surface area contributed by atoms with Crippen molar-refractivity contribution in [2.24, 2.45) is 0 Å². The Morgan fingerprint density at radius 1 is 1.26 bits per heavy atom. The van der Waals surface area contributed by atoms with Gasteiger partial charge in [-0.3, -0.25) is 0 Å². The van der Waals surface area contributed by atoms with Crippen LogP contribution in [0.3, 0.4) is 0 Å². The lowest BCUT2D eigenvalue weighted by Gasteiger charge is -2.11. The molecule has 2 aromatic carbocycles. The van der Waals surface area contributed by atoms with Crippen LogP contribution in [-0.4, -0.2) is 11.1 Å². The number of aryl methyl sites for hydroxylation is 1. The van der Waals surface area contributed by atoms with Crippen LogP contribution in [0.5, 0.6) is 5.75 Å². The van der Waals surface area contributed by atoms with Crippen LogP contribution in [0.4, 0.5) is 0 Å². The van der Waals surface area contributed by atoms with Gasteiger partial charge in [0.25, 0.3) is 0 Å². The van der Waals surface area contributed by atoms with E-state index in [2.05, 4.69) is 0 Å². The fraction of sp³-hybridized carbons (Fsp3) is 0.133. The third-order valence-electron chi connectivity index (χ3n) is 2.78. The Balaban J connectivity index is 2.20. The van der Waals surface area contributed by atoms with Gasteiger partial charge >= 0.3 is 5.97 Å². The maximum atomic E-state index is 11.1. The van der Waals surface area contributed by atoms with Crippen LogP contribution in [-0.2, 0) is 6.61 Å². The Kier molecular flexibility index (Phi) is 4.07. The molecule has 0 unspecified atom stereocenters. The zero-order valence-corrected chi connectivity index (χ0v) is 11.1. The Morgan fingerprint density at radius 2 is 2.00 bits per heavy atom. The Bertz CT molecular complexity index is 608. The molecule has 98 valence electrons. The van der Waals surface area contributed by atoms with E-state index in [9.17, 15) is 4.79 Å². The molecule has 1 N–H and O–H groups in total. The molecule has 19 heavy (non-hydrogen) atoms. The van der Waals surface area contributed by atoms with Crippen molar-refractivity contribution in [2.75, 3.05) is 0 Å². The summed E-state index contributed by atoms with van der Waals surface area (Å²) in [7, 11) is 0. The first-order valence-electron chi connectivity index (χ1n) is 5.78. The zero-order chi connectivity index (χ0) is 13.8. The minimum atomic E-state index is -1.01. The molecule has 0 aliphatic carbocycles. The van der Waals surface area contributed by atoms with Crippen LogP contribution in [0, 0.1) is 6.92 Å². The van der Waals surface area contributed by atoms with Gasteiger partial charge in [0.2, 0.25) is 0 Å². The van der Waals surface area contributed by atoms with Gasteiger partial charge in [-0.15, -0.1) is 0 Å². The lowest BCUT2D eigenvalue weighted by Crippen LogP contribution is -2.06. The third kappa shape index (κ3) is 3.26. The lowest BCUT2D eigenvalue weighted by molar-refractivity contribution is 0.0694. The van der Waals surface area contributed by atoms with Gasteiger partial charge < -0.3 is 9.84 Å². The van der Waals surface area contributed by atoms with Gasteiger partial charge in [0.15, 0.2) is 0 Å². The van der Waals surface area contributed by atoms with Crippen LogP contribution in [0.25, 0.3) is 0 Å². The van der Waals surface area contributed by atoms with E-state index in [1.807, 2.05) is 31.2 Å². The van der Waals surface area contributed by atoms with Crippen molar-refractivity contribution in [2.45, 2.75) is 13.5 Å². The number of carboxylic acids is 1. The molecule has 0 aliphatic heterocycles. The van der Waals surface area contributed by atoms with Gasteiger partial charge in [-0.25, -0.2) is 4.79 Å². The molecule has 0 heterocycles. The number of hydrogen-bond acceptors (Lipinski definition) is 2. The molecule has 0 spiro atoms. The number of ether oxygens (including phenoxy) is 1. The van der Waals surface area contributed by atoms with E-state index in [1.54, 1.807) is 12.1 Å². The molecule has 0 aromatic heterocycles. The molecule has 0 radical (unpaired) electrons. The normalized spacial score (nSPS) is 10.2. The maximum Gasteiger partial charge on any atom is 0.336 e. The average Bonchev–Trinajstić information content (AvgIpc) is 2.38. The molecule has 0 saturated heterocycles. The second-order valence-electron chi connectivity index (χ2n) is 4.16. The number of para-hydroxylation sites is 1. The van der Waals surface area contributed by atoms with Gasteiger partial charge in [0.05, 0.1) is 5.56 Å². The Hall–Kier alpha value is -2.00. The highest BCUT2D eigenvalue weighted by Crippen LogP contribution is 2.21. The summed E-state index contributed by atoms with van der Waals surface area (Å²) in [5.74, 6) is -0.264. The topological polar surface area (TPSA) is 46.5 Å². The predicted octanol–water partition coefficient (Wildman–Crippen LogP) is 3.93. The van der Waals surface area contributed by atoms with Crippen molar-refractivity contribution >= 4 is 17.6 Å². The quantitative estimate of drug-likeness (QED) is 0.920. The molecule has 0 atom stereocenters. The minimum absolute atomic E-state index is 0.168. The summed E-state index contributed by atoms with van der Waals surface area (Å²) in [5, 5.41) is 9.53. The van der Waals surface area contributed by atoms with Gasteiger partial charge in [-0.05, 0) is 30.7 Å². The molecule has 4 heteroatoms. The second kappa shape index (κ2) is 5.76. The summed E-state index contributed by atoms with van der Waals surface area (Å²) in [6.45, 7) is 2.14. The second-order valence-corrected chi connectivity index (χ2v) is 4.60. The average molecular weight is 277 g/mol. The summed E-state index contributed by atoms with van der Waals surface area (Å²) in [5.41, 5.74) is 1.77. The van der Waals surface area contributed by atoms with E-state index < -0.39 is 5.97 Å². The van der Waals surface area contributed by atoms with Gasteiger partial charge in [0, 0.05) is 10.6 Å². The van der Waals surface area contributed by atoms with Crippen LogP contribution in [0.1, 0.15) is 21.5 Å². The standard InChI is InChI=1S/C15H13ClO3/c1-10-4-2-3-5-14(10)19-9-11-6-7-12(16)8-13(11)15(17)18/h2-8H,9H2,1H3,(H,17,18). The zero-order valence-electron chi connectivity index (χ0n) is 10.4. The van der Waals surface area contributed by atoms with Crippen LogP contribution >= 0.6 is 11.6 Å². The van der Waals surface area contributed by atoms with Crippen LogP contribution < -0.4 is 4.74 Å². The first-order valence-corrected chi connectivity index (χ1v) is 6.16. The molecule has 2 aromatic rings. The smallest absolute Gasteiger partial charge is 0.336 e. The molecule has 0 aliphatic rings. The van der Waals surface area contributed by atoms with Crippen molar-refractivity contribution in [1.82, 2.24) is 0 Å². The summed E-state index contributed by atoms with van der Waals surface area (Å²) < 4.78 is 5.65. The molecule has 0 fully saturated rings. The van der Waals surface area contributed by atoms with Gasteiger partial charge in [-0.2, -0.15) is 0 Å². The van der Waals surface area contributed by atoms with Crippen LogP contribution in [0.2, 0.25) is 5.02 Å². The summed E-state index contributed by atoms with van der Waals surface area (Å²) in [6.07, 6.45) is 0. The summed E-state index contributed by atoms with van der Waals surface area (Å²) >= 11 is 5.80. The van der Waals surface area contributed by atoms with Crippen molar-refractivity contribution in [3.63, 3.8) is 0 Å². The molecule has 0 bridgehead atoms. The van der Waals surface area contributed by atoms with Crippen molar-refractivity contribution in [1.29, 1.82) is 0 Å². The van der Waals surface area contributed by atoms with E-state index in [-0.39, 0.29) is 12.2 Å². The lowest BCUT2D eigenvalue weighted by atomic mass is 10.1. The Labute approximate surface area is 116 Å². The van der Waals surface area contributed by atoms with Gasteiger partial charge in [0.1, 0.15) is 12.4 Å². The molecular formula is C15H13ClO3. The highest BCUT2D eigenvalue weighted by Gasteiger charge is 2.11. The molecule has 3 nitrogen and oxygen atoms in total. The Morgan fingerprint density at radius 3 is 2.68 bits per heavy atom. The molecular weight excluding hydrogens is 264 g/mol. The monoisotopic (exact) mass is 276 g/mol. The minimum Gasteiger partial charge on any atom is -0.489 e. The fourth-order valence-electron chi connectivity index (χ4n) is 1.75. The van der Waals surface area contributed by atoms with Crippen molar-refractivity contribution in [3.05, 3.63) is 64.2 Å². The highest BCUT2D eigenvalue weighted by molar-refractivity contribution is 6.30. The van der Waals surface area contributed by atoms with Crippen LogP contribution in [0.15, 0.2) is 42.5 Å². The first-order chi connectivity index (χ1) is 9.08. The van der Waals surface area contributed by atoms with E-state index in [1.165, 1.54) is 6.07 Å². The van der Waals surface area contributed by atoms with Crippen molar-refractivity contribution < 1.29 is 14.6 Å². The predicted molar refractivity (Wildman–Crippen MR) is 73.9 cm³/mol. The SMILES string of the molecule is Cc1ccccc1OCc1ccc(Cl)cc1C(=O)O. The number of hydrogen-bond donors (Lipinski definition) is 1. The summed E-state index contributed by atoms with van der Waals surface area (Å²) in [6, 6.07) is 12.4. The molecule has 2 rings (SSSR count). The van der Waals surface area contributed by atoms with E-state index in [0.717, 1.165) is 11.3 Å². The number of aromatic carboxylic acids is 1. The van der Waals surface area contributed by atoms with E-state index >= 15 is 0 Å². The highest BCUT2D eigenvalue weighted by atomic mass is 35.5. The fourth-order valence-corrected chi connectivity index (χ4v) is 1.92. The number of benzene rings is 2. The van der Waals surface area contributed by atoms with E-state index in [4.69, 9.17) is 21.4 Å².